The molecule has 10 nitrogen and oxygen atoms in total. The lowest BCUT2D eigenvalue weighted by atomic mass is 9.96. The van der Waals surface area contributed by atoms with Crippen molar-refractivity contribution in [2.24, 2.45) is 17.3 Å². The second-order valence-corrected chi connectivity index (χ2v) is 13.8. The molecule has 0 bridgehead atoms. The minimum atomic E-state index is -0.438. The minimum Gasteiger partial charge on any atom is -0.465 e. The zero-order valence-electron chi connectivity index (χ0n) is 27.4. The molecule has 0 saturated heterocycles. The second kappa shape index (κ2) is 14.4. The molecule has 1 saturated carbocycles. The summed E-state index contributed by atoms with van der Waals surface area (Å²) in [6.45, 7) is 18.0. The molecule has 3 atom stereocenters. The van der Waals surface area contributed by atoms with Crippen LogP contribution in [0.15, 0.2) is 28.0 Å². The number of carbonyl (C=O) groups excluding carboxylic acids is 4. The summed E-state index contributed by atoms with van der Waals surface area (Å²) in [7, 11) is 3.28. The molecule has 0 spiro atoms. The van der Waals surface area contributed by atoms with Crippen molar-refractivity contribution in [3.8, 4) is 12.3 Å². The monoisotopic (exact) mass is 614 g/mol. The molecule has 43 heavy (non-hydrogen) atoms. The number of ketones is 1. The van der Waals surface area contributed by atoms with E-state index in [4.69, 9.17) is 15.9 Å². The molecule has 0 aromatic carbocycles. The van der Waals surface area contributed by atoms with E-state index in [2.05, 4.69) is 35.9 Å². The van der Waals surface area contributed by atoms with Gasteiger partial charge < -0.3 is 14.4 Å². The number of rotatable bonds is 8. The first-order valence-electron chi connectivity index (χ1n) is 14.4. The van der Waals surface area contributed by atoms with Crippen molar-refractivity contribution in [1.82, 2.24) is 19.7 Å². The summed E-state index contributed by atoms with van der Waals surface area (Å²) < 4.78 is 11.7. The fourth-order valence-corrected chi connectivity index (χ4v) is 5.41. The molecule has 1 amide bonds. The summed E-state index contributed by atoms with van der Waals surface area (Å²) in [5, 5.41) is 4.66. The van der Waals surface area contributed by atoms with Gasteiger partial charge in [-0.25, -0.2) is 9.78 Å². The van der Waals surface area contributed by atoms with Gasteiger partial charge in [0.05, 0.1) is 24.7 Å². The molecule has 1 heterocycles. The largest absolute Gasteiger partial charge is 0.465 e. The van der Waals surface area contributed by atoms with E-state index in [-0.39, 0.29) is 58.6 Å². The molecular weight excluding hydrogens is 568 g/mol. The number of esters is 2. The fraction of sp³-hybridized carbons (Fsp3) is 0.625. The molecule has 1 aromatic rings. The maximum absolute atomic E-state index is 12.5. The highest BCUT2D eigenvalue weighted by Crippen LogP contribution is 2.60. The SMILES string of the molecule is C#CCC1=C(C)[C@@H](OC(=O)C2C(C=C(C)C)C2(C)C)CC1=O.CCOC(=O)CSc1nc(C(C)(C)C)nn1C(=O)N(C)C. The number of allylic oxidation sites excluding steroid dienone is 3. The zero-order chi connectivity index (χ0) is 32.9. The third-order valence-corrected chi connectivity index (χ3v) is 8.22. The van der Waals surface area contributed by atoms with Crippen LogP contribution in [0.25, 0.3) is 0 Å². The average Bonchev–Trinajstić information content (AvgIpc) is 3.16. The van der Waals surface area contributed by atoms with Gasteiger partial charge in [0.15, 0.2) is 16.8 Å². The van der Waals surface area contributed by atoms with E-state index < -0.39 is 6.10 Å². The lowest BCUT2D eigenvalue weighted by Crippen LogP contribution is -2.29. The molecule has 236 valence electrons. The Balaban J connectivity index is 0.000000301. The van der Waals surface area contributed by atoms with E-state index in [0.29, 0.717) is 29.6 Å². The van der Waals surface area contributed by atoms with Crippen molar-refractivity contribution in [2.75, 3.05) is 26.5 Å². The predicted octanol–water partition coefficient (Wildman–Crippen LogP) is 5.21. The summed E-state index contributed by atoms with van der Waals surface area (Å²) >= 11 is 1.15. The molecule has 3 rings (SSSR count). The van der Waals surface area contributed by atoms with E-state index in [0.717, 1.165) is 17.3 Å². The molecule has 2 aliphatic carbocycles. The standard InChI is InChI=1S/C19H24O3.C13H22N4O3S/c1-7-8-13-12(4)16(10-15(13)20)22-18(21)17-14(9-11(2)3)19(17,5)6;1-7-20-9(18)8-21-11-14-10(13(2,3)4)15-17(11)12(19)16(5)6/h1,9,14,16-17H,8,10H2,2-6H3;7-8H2,1-6H3/t14?,16-,17?;/m0./s1. The van der Waals surface area contributed by atoms with Crippen LogP contribution in [0, 0.1) is 29.6 Å². The molecule has 2 aliphatic rings. The van der Waals surface area contributed by atoms with Crippen LogP contribution in [0.4, 0.5) is 4.79 Å². The summed E-state index contributed by atoms with van der Waals surface area (Å²) in [6, 6.07) is -0.302. The van der Waals surface area contributed by atoms with Gasteiger partial charge in [-0.3, -0.25) is 14.4 Å². The van der Waals surface area contributed by atoms with Gasteiger partial charge >= 0.3 is 18.0 Å². The third kappa shape index (κ3) is 9.05. The molecular formula is C32H46N4O6S. The molecule has 1 aromatic heterocycles. The number of aromatic nitrogens is 3. The Bertz CT molecular complexity index is 1340. The Morgan fingerprint density at radius 2 is 1.86 bits per heavy atom. The smallest absolute Gasteiger partial charge is 0.346 e. The van der Waals surface area contributed by atoms with Crippen LogP contribution in [-0.4, -0.2) is 76.0 Å². The van der Waals surface area contributed by atoms with Gasteiger partial charge in [-0.05, 0) is 44.6 Å². The second-order valence-electron chi connectivity index (χ2n) is 12.8. The Labute approximate surface area is 260 Å². The van der Waals surface area contributed by atoms with E-state index >= 15 is 0 Å². The van der Waals surface area contributed by atoms with Gasteiger partial charge in [-0.15, -0.1) is 17.4 Å². The number of hydrogen-bond acceptors (Lipinski definition) is 9. The Morgan fingerprint density at radius 1 is 1.23 bits per heavy atom. The summed E-state index contributed by atoms with van der Waals surface area (Å²) in [6.07, 6.45) is 7.53. The van der Waals surface area contributed by atoms with E-state index in [1.54, 1.807) is 21.0 Å². The highest BCUT2D eigenvalue weighted by Gasteiger charge is 2.61. The molecule has 0 N–H and O–H groups in total. The summed E-state index contributed by atoms with van der Waals surface area (Å²) in [4.78, 5) is 53.8. The van der Waals surface area contributed by atoms with Crippen LogP contribution in [0.1, 0.15) is 81.0 Å². The molecule has 1 fully saturated rings. The molecule has 0 radical (unpaired) electrons. The van der Waals surface area contributed by atoms with Crippen LogP contribution in [0.5, 0.6) is 0 Å². The van der Waals surface area contributed by atoms with Gasteiger partial charge in [0.25, 0.3) is 0 Å². The molecule has 2 unspecified atom stereocenters. The number of thioether (sulfide) groups is 1. The molecule has 0 aliphatic heterocycles. The normalized spacial score (nSPS) is 20.4. The highest BCUT2D eigenvalue weighted by molar-refractivity contribution is 7.99. The van der Waals surface area contributed by atoms with E-state index in [1.807, 2.05) is 41.5 Å². The third-order valence-electron chi connectivity index (χ3n) is 7.32. The summed E-state index contributed by atoms with van der Waals surface area (Å²) in [5.41, 5.74) is 2.30. The van der Waals surface area contributed by atoms with Crippen LogP contribution >= 0.6 is 11.8 Å². The molecule has 11 heteroatoms. The average molecular weight is 615 g/mol. The number of hydrogen-bond donors (Lipinski definition) is 0. The van der Waals surface area contributed by atoms with Gasteiger partial charge in [0.1, 0.15) is 6.10 Å². The van der Waals surface area contributed by atoms with Crippen LogP contribution in [0.3, 0.4) is 0 Å². The number of amides is 1. The van der Waals surface area contributed by atoms with Crippen LogP contribution < -0.4 is 0 Å². The van der Waals surface area contributed by atoms with Gasteiger partial charge in [-0.2, -0.15) is 4.68 Å². The van der Waals surface area contributed by atoms with Crippen molar-refractivity contribution in [3.05, 3.63) is 28.6 Å². The first-order chi connectivity index (χ1) is 19.9. The zero-order valence-corrected chi connectivity index (χ0v) is 28.2. The lowest BCUT2D eigenvalue weighted by Gasteiger charge is -2.13. The van der Waals surface area contributed by atoms with E-state index in [9.17, 15) is 19.2 Å². The fourth-order valence-electron chi connectivity index (χ4n) is 4.69. The first-order valence-corrected chi connectivity index (χ1v) is 15.3. The van der Waals surface area contributed by atoms with Crippen LogP contribution in [0.2, 0.25) is 0 Å². The van der Waals surface area contributed by atoms with Gasteiger partial charge in [0.2, 0.25) is 0 Å². The maximum atomic E-state index is 12.5. The minimum absolute atomic E-state index is 0.00385. The Morgan fingerprint density at radius 3 is 2.37 bits per heavy atom. The van der Waals surface area contributed by atoms with Crippen molar-refractivity contribution in [1.29, 1.82) is 0 Å². The highest BCUT2D eigenvalue weighted by atomic mass is 32.2. The van der Waals surface area contributed by atoms with E-state index in [1.165, 1.54) is 15.2 Å². The quantitative estimate of drug-likeness (QED) is 0.168. The summed E-state index contributed by atoms with van der Waals surface area (Å²) in [5.74, 6) is 2.70. The number of ether oxygens (including phenoxy) is 2. The Hall–Kier alpha value is -3.39. The number of Topliss-reactive ketones (excluding diaryl/α,β-unsaturated/α-hetero) is 1. The predicted molar refractivity (Wildman–Crippen MR) is 166 cm³/mol. The van der Waals surface area contributed by atoms with Gasteiger partial charge in [-0.1, -0.05) is 58.0 Å². The van der Waals surface area contributed by atoms with Crippen molar-refractivity contribution >= 4 is 35.5 Å². The number of carbonyl (C=O) groups is 4. The topological polar surface area (TPSA) is 121 Å². The lowest BCUT2D eigenvalue weighted by molar-refractivity contribution is -0.150. The van der Waals surface area contributed by atoms with Crippen molar-refractivity contribution < 1.29 is 28.7 Å². The van der Waals surface area contributed by atoms with Gasteiger partial charge in [0, 0.05) is 31.5 Å². The first kappa shape index (κ1) is 35.8. The van der Waals surface area contributed by atoms with Crippen molar-refractivity contribution in [3.63, 3.8) is 0 Å². The number of terminal acetylenes is 1. The Kier molecular flexibility index (Phi) is 12.0. The number of nitrogens with zero attached hydrogens (tertiary/aromatic N) is 4. The van der Waals surface area contributed by atoms with Crippen molar-refractivity contribution in [2.45, 2.75) is 91.8 Å². The maximum Gasteiger partial charge on any atom is 0.346 e. The van der Waals surface area contributed by atoms with Crippen LogP contribution in [-0.2, 0) is 29.3 Å².